The summed E-state index contributed by atoms with van der Waals surface area (Å²) in [6.07, 6.45) is 6.69. The van der Waals surface area contributed by atoms with Crippen LogP contribution in [0.5, 0.6) is 0 Å². The molecule has 7 heteroatoms. The summed E-state index contributed by atoms with van der Waals surface area (Å²) in [7, 11) is 0. The molecule has 1 aromatic heterocycles. The minimum atomic E-state index is -0.481. The first-order chi connectivity index (χ1) is 14.5. The van der Waals surface area contributed by atoms with Gasteiger partial charge in [0.05, 0.1) is 13.2 Å². The molecule has 162 valence electrons. The van der Waals surface area contributed by atoms with E-state index in [0.29, 0.717) is 5.82 Å². The van der Waals surface area contributed by atoms with Gasteiger partial charge in [-0.25, -0.2) is 4.98 Å². The Morgan fingerprint density at radius 3 is 2.60 bits per heavy atom. The maximum absolute atomic E-state index is 13.0. The minimum absolute atomic E-state index is 0.0665. The number of carbonyl (C=O) groups is 2. The molecule has 1 saturated carbocycles. The largest absolute Gasteiger partial charge is 0.379 e. The molecule has 2 aliphatic rings. The van der Waals surface area contributed by atoms with Gasteiger partial charge in [-0.15, -0.1) is 0 Å². The Kier molecular flexibility index (Phi) is 7.83. The van der Waals surface area contributed by atoms with Crippen LogP contribution >= 0.6 is 0 Å². The number of morpholine rings is 1. The summed E-state index contributed by atoms with van der Waals surface area (Å²) in [6, 6.07) is 3.58. The normalized spacial score (nSPS) is 19.8. The third kappa shape index (κ3) is 6.54. The molecular weight excluding hydrogens is 380 g/mol. The second-order valence-electron chi connectivity index (χ2n) is 8.31. The van der Waals surface area contributed by atoms with Crippen LogP contribution in [0, 0.1) is 17.8 Å². The lowest BCUT2D eigenvalue weighted by Crippen LogP contribution is -2.52. The zero-order chi connectivity index (χ0) is 21.4. The number of hydrogen-bond acceptors (Lipinski definition) is 5. The number of carbonyl (C=O) groups excluding carboxylic acids is 2. The van der Waals surface area contributed by atoms with Crippen LogP contribution in [0.4, 0.5) is 5.82 Å². The van der Waals surface area contributed by atoms with Crippen LogP contribution in [0.2, 0.25) is 0 Å². The summed E-state index contributed by atoms with van der Waals surface area (Å²) in [5, 5.41) is 5.93. The SMILES string of the molecule is CC(=O)Nc1ccc(C#CC2(NC(=O)[C@@H](C)CN3CCOCC3)CCCCC2)cn1. The van der Waals surface area contributed by atoms with E-state index in [4.69, 9.17) is 4.74 Å². The van der Waals surface area contributed by atoms with Crippen molar-refractivity contribution in [1.29, 1.82) is 0 Å². The van der Waals surface area contributed by atoms with Gasteiger partial charge in [0.15, 0.2) is 0 Å². The van der Waals surface area contributed by atoms with E-state index in [0.717, 1.165) is 64.1 Å². The van der Waals surface area contributed by atoms with Crippen molar-refractivity contribution in [2.45, 2.75) is 51.5 Å². The zero-order valence-electron chi connectivity index (χ0n) is 18.0. The lowest BCUT2D eigenvalue weighted by Gasteiger charge is -2.35. The number of ether oxygens (including phenoxy) is 1. The van der Waals surface area contributed by atoms with Crippen molar-refractivity contribution in [3.05, 3.63) is 23.9 Å². The fourth-order valence-corrected chi connectivity index (χ4v) is 3.96. The number of rotatable bonds is 5. The second-order valence-corrected chi connectivity index (χ2v) is 8.31. The molecule has 0 unspecified atom stereocenters. The lowest BCUT2D eigenvalue weighted by molar-refractivity contribution is -0.127. The maximum atomic E-state index is 13.0. The molecule has 1 atom stereocenters. The molecule has 2 N–H and O–H groups in total. The highest BCUT2D eigenvalue weighted by Crippen LogP contribution is 2.28. The molecule has 1 saturated heterocycles. The van der Waals surface area contributed by atoms with Gasteiger partial charge in [0.2, 0.25) is 11.8 Å². The number of anilines is 1. The van der Waals surface area contributed by atoms with E-state index in [1.54, 1.807) is 12.3 Å². The van der Waals surface area contributed by atoms with E-state index in [1.807, 2.05) is 13.0 Å². The molecule has 0 bridgehead atoms. The van der Waals surface area contributed by atoms with E-state index in [1.165, 1.54) is 13.3 Å². The molecule has 2 heterocycles. The van der Waals surface area contributed by atoms with Crippen LogP contribution in [0.15, 0.2) is 18.3 Å². The second kappa shape index (κ2) is 10.6. The quantitative estimate of drug-likeness (QED) is 0.725. The first kappa shape index (κ1) is 22.3. The Balaban J connectivity index is 1.66. The summed E-state index contributed by atoms with van der Waals surface area (Å²) in [5.74, 6) is 6.87. The van der Waals surface area contributed by atoms with Gasteiger partial charge in [0.25, 0.3) is 0 Å². The molecule has 3 rings (SSSR count). The van der Waals surface area contributed by atoms with Crippen molar-refractivity contribution >= 4 is 17.6 Å². The molecule has 0 aromatic carbocycles. The fourth-order valence-electron chi connectivity index (χ4n) is 3.96. The third-order valence-corrected chi connectivity index (χ3v) is 5.67. The minimum Gasteiger partial charge on any atom is -0.379 e. The van der Waals surface area contributed by atoms with Crippen LogP contribution in [0.3, 0.4) is 0 Å². The van der Waals surface area contributed by atoms with Crippen molar-refractivity contribution in [3.63, 3.8) is 0 Å². The number of nitrogens with one attached hydrogen (secondary N) is 2. The maximum Gasteiger partial charge on any atom is 0.225 e. The predicted molar refractivity (Wildman–Crippen MR) is 116 cm³/mol. The van der Waals surface area contributed by atoms with Gasteiger partial charge in [0, 0.05) is 44.2 Å². The summed E-state index contributed by atoms with van der Waals surface area (Å²) in [5.41, 5.74) is 0.287. The Hall–Kier alpha value is -2.43. The van der Waals surface area contributed by atoms with Crippen LogP contribution in [-0.2, 0) is 14.3 Å². The molecule has 7 nitrogen and oxygen atoms in total. The number of amides is 2. The summed E-state index contributed by atoms with van der Waals surface area (Å²) in [6.45, 7) is 7.41. The smallest absolute Gasteiger partial charge is 0.225 e. The summed E-state index contributed by atoms with van der Waals surface area (Å²) >= 11 is 0. The standard InChI is InChI=1S/C23H32N4O3/c1-18(17-27-12-14-30-15-13-27)22(29)26-23(9-4-3-5-10-23)11-8-20-6-7-21(24-16-20)25-19(2)28/h6-7,16,18H,3-5,9-10,12-15,17H2,1-2H3,(H,26,29)(H,24,25,28)/t18-/m0/s1. The van der Waals surface area contributed by atoms with Crippen LogP contribution in [-0.4, -0.2) is 60.1 Å². The number of hydrogen-bond donors (Lipinski definition) is 2. The molecule has 1 aliphatic heterocycles. The van der Waals surface area contributed by atoms with Crippen molar-refractivity contribution in [2.75, 3.05) is 38.2 Å². The highest BCUT2D eigenvalue weighted by Gasteiger charge is 2.33. The molecule has 1 aromatic rings. The monoisotopic (exact) mass is 412 g/mol. The van der Waals surface area contributed by atoms with Gasteiger partial charge in [-0.1, -0.05) is 38.0 Å². The third-order valence-electron chi connectivity index (χ3n) is 5.67. The predicted octanol–water partition coefficient (Wildman–Crippen LogP) is 2.18. The number of aromatic nitrogens is 1. The summed E-state index contributed by atoms with van der Waals surface area (Å²) < 4.78 is 5.39. The highest BCUT2D eigenvalue weighted by molar-refractivity contribution is 5.87. The first-order valence-corrected chi connectivity index (χ1v) is 10.8. The van der Waals surface area contributed by atoms with Crippen molar-refractivity contribution < 1.29 is 14.3 Å². The average molecular weight is 413 g/mol. The molecule has 2 amide bonds. The molecule has 1 aliphatic carbocycles. The Morgan fingerprint density at radius 2 is 1.97 bits per heavy atom. The van der Waals surface area contributed by atoms with E-state index < -0.39 is 5.54 Å². The van der Waals surface area contributed by atoms with Crippen LogP contribution in [0.25, 0.3) is 0 Å². The van der Waals surface area contributed by atoms with Gasteiger partial charge in [-0.05, 0) is 25.0 Å². The van der Waals surface area contributed by atoms with E-state index in [9.17, 15) is 9.59 Å². The van der Waals surface area contributed by atoms with E-state index in [2.05, 4.69) is 32.4 Å². The Bertz CT molecular complexity index is 785. The lowest BCUT2D eigenvalue weighted by atomic mass is 9.81. The van der Waals surface area contributed by atoms with Crippen molar-refractivity contribution in [1.82, 2.24) is 15.2 Å². The van der Waals surface area contributed by atoms with Crippen LogP contribution in [0.1, 0.15) is 51.5 Å². The van der Waals surface area contributed by atoms with Gasteiger partial charge in [-0.3, -0.25) is 14.5 Å². The number of pyridine rings is 1. The first-order valence-electron chi connectivity index (χ1n) is 10.8. The van der Waals surface area contributed by atoms with E-state index in [-0.39, 0.29) is 17.7 Å². The van der Waals surface area contributed by atoms with Crippen molar-refractivity contribution in [2.24, 2.45) is 5.92 Å². The Labute approximate surface area is 179 Å². The molecule has 0 radical (unpaired) electrons. The molecule has 0 spiro atoms. The molecular formula is C23H32N4O3. The topological polar surface area (TPSA) is 83.6 Å². The summed E-state index contributed by atoms with van der Waals surface area (Å²) in [4.78, 5) is 30.6. The molecule has 2 fully saturated rings. The average Bonchev–Trinajstić information content (AvgIpc) is 2.74. The van der Waals surface area contributed by atoms with Gasteiger partial charge in [-0.2, -0.15) is 0 Å². The van der Waals surface area contributed by atoms with Crippen LogP contribution < -0.4 is 10.6 Å². The molecule has 30 heavy (non-hydrogen) atoms. The zero-order valence-corrected chi connectivity index (χ0v) is 18.0. The van der Waals surface area contributed by atoms with Gasteiger partial charge < -0.3 is 15.4 Å². The fraction of sp³-hybridized carbons (Fsp3) is 0.609. The Morgan fingerprint density at radius 1 is 1.23 bits per heavy atom. The van der Waals surface area contributed by atoms with Gasteiger partial charge >= 0.3 is 0 Å². The van der Waals surface area contributed by atoms with E-state index >= 15 is 0 Å². The van der Waals surface area contributed by atoms with Gasteiger partial charge in [0.1, 0.15) is 11.4 Å². The number of nitrogens with zero attached hydrogens (tertiary/aromatic N) is 2. The van der Waals surface area contributed by atoms with Crippen molar-refractivity contribution in [3.8, 4) is 11.8 Å². The highest BCUT2D eigenvalue weighted by atomic mass is 16.5.